The molecule has 0 spiro atoms. The first-order valence-electron chi connectivity index (χ1n) is 5.95. The number of hydrogen-bond acceptors (Lipinski definition) is 3. The van der Waals surface area contributed by atoms with Crippen molar-refractivity contribution in [1.29, 1.82) is 0 Å². The summed E-state index contributed by atoms with van der Waals surface area (Å²) in [5, 5.41) is 15.2. The molecule has 4 N–H and O–H groups in total. The monoisotopic (exact) mass is 233 g/mol. The number of nitrogens with two attached hydrogens (primary N) is 1. The first-order valence-corrected chi connectivity index (χ1v) is 5.95. The Kier molecular flexibility index (Phi) is 3.33. The van der Waals surface area contributed by atoms with E-state index in [0.29, 0.717) is 5.54 Å². The quantitative estimate of drug-likeness (QED) is 0.321. The van der Waals surface area contributed by atoms with E-state index < -0.39 is 0 Å². The van der Waals surface area contributed by atoms with Crippen LogP contribution in [0.25, 0.3) is 0 Å². The maximum atomic E-state index is 8.63. The standard InChI is InChI=1S/C13H19N3O/c1-13(6-3-7-13)15-9-10-4-2-5-11(8-10)12(14)16-17/h2,4-5,8,15,17H,3,6-7,9H2,1H3,(H2,14,16). The first kappa shape index (κ1) is 11.9. The molecule has 0 amide bonds. The van der Waals surface area contributed by atoms with Gasteiger partial charge in [-0.2, -0.15) is 0 Å². The summed E-state index contributed by atoms with van der Waals surface area (Å²) in [7, 11) is 0. The summed E-state index contributed by atoms with van der Waals surface area (Å²) in [5.74, 6) is 0.154. The van der Waals surface area contributed by atoms with Gasteiger partial charge in [-0.1, -0.05) is 23.4 Å². The Labute approximate surface area is 102 Å². The number of oxime groups is 1. The summed E-state index contributed by atoms with van der Waals surface area (Å²) >= 11 is 0. The van der Waals surface area contributed by atoms with Crippen molar-refractivity contribution in [3.8, 4) is 0 Å². The van der Waals surface area contributed by atoms with E-state index >= 15 is 0 Å². The minimum Gasteiger partial charge on any atom is -0.409 e. The van der Waals surface area contributed by atoms with Gasteiger partial charge in [-0.25, -0.2) is 0 Å². The zero-order valence-electron chi connectivity index (χ0n) is 10.1. The van der Waals surface area contributed by atoms with Crippen LogP contribution in [-0.4, -0.2) is 16.6 Å². The molecule has 1 aliphatic rings. The summed E-state index contributed by atoms with van der Waals surface area (Å²) in [4.78, 5) is 0. The Bertz CT molecular complexity index is 424. The van der Waals surface area contributed by atoms with E-state index in [1.165, 1.54) is 19.3 Å². The Morgan fingerprint density at radius 3 is 2.88 bits per heavy atom. The van der Waals surface area contributed by atoms with Gasteiger partial charge in [0.15, 0.2) is 5.84 Å². The molecule has 0 atom stereocenters. The van der Waals surface area contributed by atoms with Gasteiger partial charge < -0.3 is 16.3 Å². The lowest BCUT2D eigenvalue weighted by Crippen LogP contribution is -2.47. The summed E-state index contributed by atoms with van der Waals surface area (Å²) in [6.45, 7) is 3.08. The van der Waals surface area contributed by atoms with E-state index in [4.69, 9.17) is 10.9 Å². The summed E-state index contributed by atoms with van der Waals surface area (Å²) in [6, 6.07) is 7.75. The second-order valence-electron chi connectivity index (χ2n) is 4.95. The minimum atomic E-state index is 0.154. The molecule has 1 aromatic rings. The van der Waals surface area contributed by atoms with Gasteiger partial charge in [0.1, 0.15) is 0 Å². The SMILES string of the molecule is CC1(NCc2cccc(/C(N)=N/O)c2)CCC1. The average Bonchev–Trinajstić information content (AvgIpc) is 2.33. The predicted octanol–water partition coefficient (Wildman–Crippen LogP) is 1.81. The van der Waals surface area contributed by atoms with Crippen LogP contribution in [0.15, 0.2) is 29.4 Å². The molecular formula is C13H19N3O. The van der Waals surface area contributed by atoms with Crippen LogP contribution in [-0.2, 0) is 6.54 Å². The summed E-state index contributed by atoms with van der Waals surface area (Å²) in [5.41, 5.74) is 7.77. The van der Waals surface area contributed by atoms with Crippen LogP contribution in [0.4, 0.5) is 0 Å². The predicted molar refractivity (Wildman–Crippen MR) is 68.0 cm³/mol. The number of benzene rings is 1. The second kappa shape index (κ2) is 4.75. The summed E-state index contributed by atoms with van der Waals surface area (Å²) in [6.07, 6.45) is 3.80. The van der Waals surface area contributed by atoms with E-state index in [0.717, 1.165) is 17.7 Å². The average molecular weight is 233 g/mol. The van der Waals surface area contributed by atoms with Crippen molar-refractivity contribution in [2.45, 2.75) is 38.3 Å². The van der Waals surface area contributed by atoms with Crippen LogP contribution in [0.2, 0.25) is 0 Å². The largest absolute Gasteiger partial charge is 0.409 e. The molecule has 4 nitrogen and oxygen atoms in total. The highest BCUT2D eigenvalue weighted by atomic mass is 16.4. The highest BCUT2D eigenvalue weighted by molar-refractivity contribution is 5.97. The molecule has 1 aliphatic carbocycles. The van der Waals surface area contributed by atoms with Crippen LogP contribution in [0.5, 0.6) is 0 Å². The second-order valence-corrected chi connectivity index (χ2v) is 4.95. The molecule has 0 heterocycles. The van der Waals surface area contributed by atoms with Gasteiger partial charge in [0.25, 0.3) is 0 Å². The fourth-order valence-corrected chi connectivity index (χ4v) is 2.10. The molecule has 1 aromatic carbocycles. The maximum absolute atomic E-state index is 8.63. The third kappa shape index (κ3) is 2.77. The van der Waals surface area contributed by atoms with Crippen LogP contribution in [0.3, 0.4) is 0 Å². The van der Waals surface area contributed by atoms with Gasteiger partial charge in [0, 0.05) is 17.6 Å². The molecule has 0 bridgehead atoms. The topological polar surface area (TPSA) is 70.6 Å². The van der Waals surface area contributed by atoms with Crippen LogP contribution in [0.1, 0.15) is 37.3 Å². The molecule has 0 unspecified atom stereocenters. The van der Waals surface area contributed by atoms with Gasteiger partial charge >= 0.3 is 0 Å². The summed E-state index contributed by atoms with van der Waals surface area (Å²) < 4.78 is 0. The molecule has 1 saturated carbocycles. The highest BCUT2D eigenvalue weighted by Gasteiger charge is 2.30. The third-order valence-corrected chi connectivity index (χ3v) is 3.51. The Hall–Kier alpha value is -1.55. The van der Waals surface area contributed by atoms with Crippen LogP contribution in [0, 0.1) is 0 Å². The first-order chi connectivity index (χ1) is 8.13. The van der Waals surface area contributed by atoms with Crippen molar-refractivity contribution < 1.29 is 5.21 Å². The lowest BCUT2D eigenvalue weighted by Gasteiger charge is -2.39. The van der Waals surface area contributed by atoms with E-state index in [2.05, 4.69) is 17.4 Å². The lowest BCUT2D eigenvalue weighted by atomic mass is 9.78. The highest BCUT2D eigenvalue weighted by Crippen LogP contribution is 2.31. The van der Waals surface area contributed by atoms with E-state index in [1.54, 1.807) is 0 Å². The molecule has 1 fully saturated rings. The Morgan fingerprint density at radius 1 is 1.53 bits per heavy atom. The lowest BCUT2D eigenvalue weighted by molar-refractivity contribution is 0.207. The fraction of sp³-hybridized carbons (Fsp3) is 0.462. The van der Waals surface area contributed by atoms with Crippen molar-refractivity contribution in [2.24, 2.45) is 10.9 Å². The minimum absolute atomic E-state index is 0.154. The number of nitrogens with zero attached hydrogens (tertiary/aromatic N) is 1. The Morgan fingerprint density at radius 2 is 2.29 bits per heavy atom. The molecule has 0 aromatic heterocycles. The van der Waals surface area contributed by atoms with Gasteiger partial charge in [-0.3, -0.25) is 0 Å². The normalized spacial score (nSPS) is 18.8. The maximum Gasteiger partial charge on any atom is 0.170 e. The molecule has 2 rings (SSSR count). The fourth-order valence-electron chi connectivity index (χ4n) is 2.10. The molecule has 0 saturated heterocycles. The van der Waals surface area contributed by atoms with Crippen molar-refractivity contribution in [3.63, 3.8) is 0 Å². The zero-order valence-corrected chi connectivity index (χ0v) is 10.1. The third-order valence-electron chi connectivity index (χ3n) is 3.51. The van der Waals surface area contributed by atoms with Crippen molar-refractivity contribution in [2.75, 3.05) is 0 Å². The number of hydrogen-bond donors (Lipinski definition) is 3. The van der Waals surface area contributed by atoms with Gasteiger partial charge in [-0.05, 0) is 37.8 Å². The molecular weight excluding hydrogens is 214 g/mol. The molecule has 0 radical (unpaired) electrons. The van der Waals surface area contributed by atoms with Crippen molar-refractivity contribution in [1.82, 2.24) is 5.32 Å². The van der Waals surface area contributed by atoms with Crippen LogP contribution >= 0.6 is 0 Å². The van der Waals surface area contributed by atoms with Gasteiger partial charge in [0.2, 0.25) is 0 Å². The number of rotatable bonds is 4. The van der Waals surface area contributed by atoms with E-state index in [9.17, 15) is 0 Å². The molecule has 0 aliphatic heterocycles. The number of nitrogens with one attached hydrogen (secondary N) is 1. The number of amidine groups is 1. The zero-order chi connectivity index (χ0) is 12.3. The Balaban J connectivity index is 2.01. The van der Waals surface area contributed by atoms with Gasteiger partial charge in [0.05, 0.1) is 0 Å². The van der Waals surface area contributed by atoms with E-state index in [-0.39, 0.29) is 5.84 Å². The van der Waals surface area contributed by atoms with Crippen LogP contribution < -0.4 is 11.1 Å². The van der Waals surface area contributed by atoms with E-state index in [1.807, 2.05) is 24.3 Å². The smallest absolute Gasteiger partial charge is 0.170 e. The molecule has 17 heavy (non-hydrogen) atoms. The van der Waals surface area contributed by atoms with Crippen molar-refractivity contribution in [3.05, 3.63) is 35.4 Å². The molecule has 92 valence electrons. The van der Waals surface area contributed by atoms with Crippen molar-refractivity contribution >= 4 is 5.84 Å². The molecule has 4 heteroatoms. The van der Waals surface area contributed by atoms with Gasteiger partial charge in [-0.15, -0.1) is 0 Å².